The fourth-order valence-corrected chi connectivity index (χ4v) is 4.67. The average molecular weight is 575 g/mol. The van der Waals surface area contributed by atoms with Gasteiger partial charge >= 0.3 is 0 Å². The molecule has 0 radical (unpaired) electrons. The van der Waals surface area contributed by atoms with Crippen LogP contribution in [0.5, 0.6) is 17.2 Å². The summed E-state index contributed by atoms with van der Waals surface area (Å²) in [4.78, 5) is 13.4. The molecule has 0 bridgehead atoms. The molecule has 0 aliphatic heterocycles. The smallest absolute Gasteiger partial charge is 0.163 e. The van der Waals surface area contributed by atoms with Gasteiger partial charge in [0.2, 0.25) is 0 Å². The summed E-state index contributed by atoms with van der Waals surface area (Å²) in [6.45, 7) is 0.954. The van der Waals surface area contributed by atoms with E-state index in [2.05, 4.69) is 0 Å². The molecule has 1 unspecified atom stereocenters. The third-order valence-corrected chi connectivity index (χ3v) is 6.98. The van der Waals surface area contributed by atoms with E-state index >= 15 is 0 Å². The van der Waals surface area contributed by atoms with E-state index in [9.17, 15) is 9.90 Å². The van der Waals surface area contributed by atoms with E-state index < -0.39 is 5.92 Å². The molecule has 43 heavy (non-hydrogen) atoms. The van der Waals surface area contributed by atoms with E-state index in [1.165, 1.54) is 18.2 Å². The average Bonchev–Trinajstić information content (AvgIpc) is 3.06. The summed E-state index contributed by atoms with van der Waals surface area (Å²) in [6.07, 6.45) is 7.20. The van der Waals surface area contributed by atoms with Gasteiger partial charge in [0.1, 0.15) is 42.8 Å². The number of ketones is 1. The van der Waals surface area contributed by atoms with Gasteiger partial charge in [0.05, 0.1) is 12.7 Å². The number of carbonyl (C=O) groups is 1. The molecule has 4 aromatic rings. The zero-order valence-corrected chi connectivity index (χ0v) is 24.0. The first-order valence-corrected chi connectivity index (χ1v) is 14.1. The first kappa shape index (κ1) is 29.3. The number of hydrogen-bond donors (Lipinski definition) is 1. The zero-order chi connectivity index (χ0) is 29.9. The number of methoxy groups -OCH3 is 1. The highest BCUT2D eigenvalue weighted by Crippen LogP contribution is 2.36. The van der Waals surface area contributed by atoms with Crippen LogP contribution in [0.1, 0.15) is 28.7 Å². The lowest BCUT2D eigenvalue weighted by Gasteiger charge is -2.21. The standard InChI is InChI=1S/C37H34O6/c1-40-34-20-17-30(21-37(34)43-26-29-15-9-4-10-16-29)33(39)19-18-32-35(41-24-27-11-5-2-6-12-27)22-31(38)23-36(32)42-25-28-13-7-3-8-14-28/h2-20,22-23,30,38H,21,24-26H2,1H3. The second kappa shape index (κ2) is 14.6. The molecule has 6 heteroatoms. The van der Waals surface area contributed by atoms with Crippen LogP contribution in [-0.4, -0.2) is 18.0 Å². The van der Waals surface area contributed by atoms with Crippen LogP contribution in [0.15, 0.2) is 133 Å². The maximum absolute atomic E-state index is 13.4. The number of phenolic OH excluding ortho intramolecular Hbond substituents is 1. The Bertz CT molecular complexity index is 1530. The fourth-order valence-electron chi connectivity index (χ4n) is 4.67. The van der Waals surface area contributed by atoms with Crippen LogP contribution in [0.25, 0.3) is 6.08 Å². The maximum atomic E-state index is 13.4. The molecule has 0 amide bonds. The number of phenols is 1. The highest BCUT2D eigenvalue weighted by atomic mass is 16.5. The molecule has 1 aliphatic rings. The molecule has 0 spiro atoms. The van der Waals surface area contributed by atoms with Gasteiger partial charge in [-0.15, -0.1) is 0 Å². The Hall–Kier alpha value is -5.23. The van der Waals surface area contributed by atoms with Crippen LogP contribution in [0.2, 0.25) is 0 Å². The van der Waals surface area contributed by atoms with Gasteiger partial charge < -0.3 is 24.1 Å². The van der Waals surface area contributed by atoms with Crippen LogP contribution in [0.3, 0.4) is 0 Å². The molecule has 0 fully saturated rings. The Morgan fingerprint density at radius 3 is 1.74 bits per heavy atom. The third kappa shape index (κ3) is 8.17. The molecule has 1 aliphatic carbocycles. The lowest BCUT2D eigenvalue weighted by molar-refractivity contribution is -0.117. The van der Waals surface area contributed by atoms with Gasteiger partial charge in [-0.25, -0.2) is 0 Å². The molecule has 0 aromatic heterocycles. The summed E-state index contributed by atoms with van der Waals surface area (Å²) >= 11 is 0. The Morgan fingerprint density at radius 1 is 0.767 bits per heavy atom. The predicted octanol–water partition coefficient (Wildman–Crippen LogP) is 7.78. The fraction of sp³-hybridized carbons (Fsp3) is 0.162. The summed E-state index contributed by atoms with van der Waals surface area (Å²) in [7, 11) is 1.59. The van der Waals surface area contributed by atoms with E-state index in [0.717, 1.165) is 16.7 Å². The summed E-state index contributed by atoms with van der Waals surface area (Å²) in [6, 6.07) is 32.4. The van der Waals surface area contributed by atoms with Crippen LogP contribution in [0.4, 0.5) is 0 Å². The highest BCUT2D eigenvalue weighted by molar-refractivity contribution is 5.97. The molecule has 0 saturated heterocycles. The Morgan fingerprint density at radius 2 is 1.26 bits per heavy atom. The minimum atomic E-state index is -0.430. The van der Waals surface area contributed by atoms with Crippen LogP contribution in [-0.2, 0) is 34.1 Å². The van der Waals surface area contributed by atoms with Crippen molar-refractivity contribution in [2.75, 3.05) is 7.11 Å². The molecule has 1 atom stereocenters. The van der Waals surface area contributed by atoms with Crippen LogP contribution < -0.4 is 9.47 Å². The lowest BCUT2D eigenvalue weighted by Crippen LogP contribution is -2.16. The summed E-state index contributed by atoms with van der Waals surface area (Å²) in [5.74, 6) is 1.51. The van der Waals surface area contributed by atoms with Crippen molar-refractivity contribution in [3.05, 3.63) is 155 Å². The molecule has 0 heterocycles. The lowest BCUT2D eigenvalue weighted by atomic mass is 9.93. The number of aromatic hydroxyl groups is 1. The Balaban J connectivity index is 1.35. The summed E-state index contributed by atoms with van der Waals surface area (Å²) in [5, 5.41) is 10.5. The monoisotopic (exact) mass is 574 g/mol. The molecular weight excluding hydrogens is 540 g/mol. The van der Waals surface area contributed by atoms with Gasteiger partial charge in [-0.1, -0.05) is 97.1 Å². The van der Waals surface area contributed by atoms with Crippen LogP contribution in [0, 0.1) is 5.92 Å². The SMILES string of the molecule is COC1=C(OCc2ccccc2)CC(C(=O)C=Cc2c(OCc3ccccc3)cc(O)cc2OCc2ccccc2)C=C1. The quantitative estimate of drug-likeness (QED) is 0.164. The number of hydrogen-bond acceptors (Lipinski definition) is 6. The van der Waals surface area contributed by atoms with E-state index in [1.807, 2.05) is 97.1 Å². The number of benzene rings is 4. The van der Waals surface area contributed by atoms with Gasteiger partial charge in [0.15, 0.2) is 11.5 Å². The molecule has 0 saturated carbocycles. The first-order chi connectivity index (χ1) is 21.1. The maximum Gasteiger partial charge on any atom is 0.163 e. The van der Waals surface area contributed by atoms with Crippen molar-refractivity contribution in [3.8, 4) is 17.2 Å². The zero-order valence-electron chi connectivity index (χ0n) is 24.0. The number of allylic oxidation sites excluding steroid dienone is 4. The van der Waals surface area contributed by atoms with Gasteiger partial charge in [0.25, 0.3) is 0 Å². The molecule has 6 nitrogen and oxygen atoms in total. The van der Waals surface area contributed by atoms with Crippen molar-refractivity contribution in [3.63, 3.8) is 0 Å². The molecule has 1 N–H and O–H groups in total. The molecular formula is C37H34O6. The van der Waals surface area contributed by atoms with Gasteiger partial charge in [-0.3, -0.25) is 4.79 Å². The molecule has 218 valence electrons. The molecule has 4 aromatic carbocycles. The van der Waals surface area contributed by atoms with E-state index in [-0.39, 0.29) is 24.7 Å². The largest absolute Gasteiger partial charge is 0.508 e. The van der Waals surface area contributed by atoms with Gasteiger partial charge in [0, 0.05) is 24.5 Å². The number of rotatable bonds is 13. The van der Waals surface area contributed by atoms with Crippen molar-refractivity contribution in [2.24, 2.45) is 5.92 Å². The summed E-state index contributed by atoms with van der Waals surface area (Å²) in [5.41, 5.74) is 3.53. The molecule has 5 rings (SSSR count). The minimum Gasteiger partial charge on any atom is -0.508 e. The van der Waals surface area contributed by atoms with Gasteiger partial charge in [-0.2, -0.15) is 0 Å². The normalized spacial score (nSPS) is 14.5. The van der Waals surface area contributed by atoms with Crippen molar-refractivity contribution >= 4 is 11.9 Å². The van der Waals surface area contributed by atoms with E-state index in [0.29, 0.717) is 41.6 Å². The Labute approximate surface area is 252 Å². The minimum absolute atomic E-state index is 0.00209. The number of carbonyl (C=O) groups excluding carboxylic acids is 1. The summed E-state index contributed by atoms with van der Waals surface area (Å²) < 4.78 is 23.8. The van der Waals surface area contributed by atoms with E-state index in [4.69, 9.17) is 18.9 Å². The van der Waals surface area contributed by atoms with Crippen molar-refractivity contribution in [2.45, 2.75) is 26.2 Å². The van der Waals surface area contributed by atoms with E-state index in [1.54, 1.807) is 19.3 Å². The second-order valence-corrected chi connectivity index (χ2v) is 10.1. The topological polar surface area (TPSA) is 74.2 Å². The van der Waals surface area contributed by atoms with Crippen molar-refractivity contribution in [1.29, 1.82) is 0 Å². The predicted molar refractivity (Wildman–Crippen MR) is 166 cm³/mol. The van der Waals surface area contributed by atoms with Crippen LogP contribution >= 0.6 is 0 Å². The number of ether oxygens (including phenoxy) is 4. The van der Waals surface area contributed by atoms with Crippen molar-refractivity contribution in [1.82, 2.24) is 0 Å². The van der Waals surface area contributed by atoms with Gasteiger partial charge in [-0.05, 0) is 34.9 Å². The first-order valence-electron chi connectivity index (χ1n) is 14.1. The highest BCUT2D eigenvalue weighted by Gasteiger charge is 2.23. The third-order valence-electron chi connectivity index (χ3n) is 6.98. The van der Waals surface area contributed by atoms with Crippen molar-refractivity contribution < 1.29 is 28.8 Å². The Kier molecular flexibility index (Phi) is 9.94. The second-order valence-electron chi connectivity index (χ2n) is 10.1.